The summed E-state index contributed by atoms with van der Waals surface area (Å²) in [4.78, 5) is 15.6. The molecule has 0 bridgehead atoms. The van der Waals surface area contributed by atoms with Gasteiger partial charge in [-0.3, -0.25) is 5.32 Å². The molecule has 1 heterocycles. The molecule has 0 aliphatic carbocycles. The number of nitrogens with zero attached hydrogens (tertiary/aromatic N) is 1. The summed E-state index contributed by atoms with van der Waals surface area (Å²) in [6, 6.07) is 12.9. The minimum absolute atomic E-state index is 0.267. The van der Waals surface area contributed by atoms with E-state index in [1.807, 2.05) is 30.3 Å². The fraction of sp³-hybridized carbons (Fsp3) is 0.0769. The topological polar surface area (TPSA) is 54.0 Å². The second kappa shape index (κ2) is 6.16. The molecule has 0 spiro atoms. The molecule has 2 rings (SSSR count). The van der Waals surface area contributed by atoms with Crippen molar-refractivity contribution in [3.8, 4) is 0 Å². The van der Waals surface area contributed by atoms with Crippen LogP contribution in [0.3, 0.4) is 0 Å². The summed E-state index contributed by atoms with van der Waals surface area (Å²) in [7, 11) is 0. The molecule has 0 unspecified atom stereocenters. The Labute approximate surface area is 114 Å². The predicted molar refractivity (Wildman–Crippen MR) is 74.2 cm³/mol. The van der Waals surface area contributed by atoms with Crippen LogP contribution in [0.4, 0.5) is 10.6 Å². The lowest BCUT2D eigenvalue weighted by atomic mass is 10.2. The van der Waals surface area contributed by atoms with E-state index in [0.717, 1.165) is 10.0 Å². The molecule has 0 saturated heterocycles. The van der Waals surface area contributed by atoms with Gasteiger partial charge in [-0.1, -0.05) is 34.1 Å². The molecule has 5 heteroatoms. The molecule has 1 aromatic heterocycles. The molecule has 2 amide bonds. The number of amides is 2. The number of aromatic nitrogens is 1. The summed E-state index contributed by atoms with van der Waals surface area (Å²) < 4.78 is 1.02. The van der Waals surface area contributed by atoms with Crippen LogP contribution in [0.2, 0.25) is 0 Å². The van der Waals surface area contributed by atoms with Crippen molar-refractivity contribution in [1.29, 1.82) is 0 Å². The summed E-state index contributed by atoms with van der Waals surface area (Å²) in [5, 5.41) is 5.41. The average Bonchev–Trinajstić information content (AvgIpc) is 2.39. The lowest BCUT2D eigenvalue weighted by Crippen LogP contribution is -2.28. The zero-order chi connectivity index (χ0) is 12.8. The third-order valence-corrected chi connectivity index (χ3v) is 2.80. The molecule has 2 aromatic rings. The second-order valence-electron chi connectivity index (χ2n) is 3.65. The number of carbonyl (C=O) groups is 1. The van der Waals surface area contributed by atoms with E-state index in [2.05, 4.69) is 31.5 Å². The van der Waals surface area contributed by atoms with Crippen molar-refractivity contribution in [2.75, 3.05) is 5.32 Å². The number of rotatable bonds is 3. The highest BCUT2D eigenvalue weighted by Crippen LogP contribution is 2.10. The van der Waals surface area contributed by atoms with E-state index in [9.17, 15) is 4.79 Å². The Morgan fingerprint density at radius 2 is 1.94 bits per heavy atom. The molecular formula is C13H12BrN3O. The SMILES string of the molecule is O=C(NCc1ccc(Br)cc1)Nc1ccccn1. The van der Waals surface area contributed by atoms with Gasteiger partial charge in [-0.15, -0.1) is 0 Å². The Balaban J connectivity index is 1.83. The van der Waals surface area contributed by atoms with Gasteiger partial charge in [-0.25, -0.2) is 9.78 Å². The average molecular weight is 306 g/mol. The Hall–Kier alpha value is -1.88. The number of hydrogen-bond acceptors (Lipinski definition) is 2. The number of carbonyl (C=O) groups excluding carboxylic acids is 1. The molecule has 4 nitrogen and oxygen atoms in total. The van der Waals surface area contributed by atoms with Gasteiger partial charge in [0.05, 0.1) is 0 Å². The normalized spacial score (nSPS) is 9.83. The van der Waals surface area contributed by atoms with Crippen LogP contribution in [0.25, 0.3) is 0 Å². The van der Waals surface area contributed by atoms with Gasteiger partial charge < -0.3 is 5.32 Å². The molecular weight excluding hydrogens is 294 g/mol. The van der Waals surface area contributed by atoms with Gasteiger partial charge >= 0.3 is 6.03 Å². The Kier molecular flexibility index (Phi) is 4.30. The Bertz CT molecular complexity index is 514. The predicted octanol–water partition coefficient (Wildman–Crippen LogP) is 3.17. The van der Waals surface area contributed by atoms with Crippen LogP contribution < -0.4 is 10.6 Å². The van der Waals surface area contributed by atoms with Gasteiger partial charge in [0.2, 0.25) is 0 Å². The molecule has 0 aliphatic heterocycles. The first kappa shape index (κ1) is 12.6. The number of pyridine rings is 1. The molecule has 0 atom stereocenters. The smallest absolute Gasteiger partial charge is 0.320 e. The van der Waals surface area contributed by atoms with Crippen LogP contribution in [0.5, 0.6) is 0 Å². The van der Waals surface area contributed by atoms with Crippen LogP contribution >= 0.6 is 15.9 Å². The quantitative estimate of drug-likeness (QED) is 0.915. The lowest BCUT2D eigenvalue weighted by molar-refractivity contribution is 0.251. The minimum atomic E-state index is -0.267. The van der Waals surface area contributed by atoms with Crippen LogP contribution in [0.1, 0.15) is 5.56 Å². The Morgan fingerprint density at radius 1 is 1.17 bits per heavy atom. The molecule has 0 fully saturated rings. The second-order valence-corrected chi connectivity index (χ2v) is 4.56. The van der Waals surface area contributed by atoms with E-state index >= 15 is 0 Å². The summed E-state index contributed by atoms with van der Waals surface area (Å²) in [5.41, 5.74) is 1.04. The van der Waals surface area contributed by atoms with Crippen LogP contribution in [-0.4, -0.2) is 11.0 Å². The van der Waals surface area contributed by atoms with Crippen LogP contribution in [0, 0.1) is 0 Å². The van der Waals surface area contributed by atoms with E-state index < -0.39 is 0 Å². The van der Waals surface area contributed by atoms with Crippen molar-refractivity contribution in [3.63, 3.8) is 0 Å². The van der Waals surface area contributed by atoms with E-state index in [1.165, 1.54) is 0 Å². The lowest BCUT2D eigenvalue weighted by Gasteiger charge is -2.06. The maximum Gasteiger partial charge on any atom is 0.320 e. The largest absolute Gasteiger partial charge is 0.334 e. The van der Waals surface area contributed by atoms with Gasteiger partial charge in [0, 0.05) is 17.2 Å². The van der Waals surface area contributed by atoms with Gasteiger partial charge in [-0.2, -0.15) is 0 Å². The molecule has 0 aliphatic rings. The van der Waals surface area contributed by atoms with Crippen molar-refractivity contribution in [2.24, 2.45) is 0 Å². The fourth-order valence-corrected chi connectivity index (χ4v) is 1.65. The number of nitrogens with one attached hydrogen (secondary N) is 2. The Morgan fingerprint density at radius 3 is 2.61 bits per heavy atom. The van der Waals surface area contributed by atoms with Crippen molar-refractivity contribution in [2.45, 2.75) is 6.54 Å². The highest BCUT2D eigenvalue weighted by Gasteiger charge is 2.01. The molecule has 92 valence electrons. The first-order valence-corrected chi connectivity index (χ1v) is 6.24. The molecule has 1 aromatic carbocycles. The number of hydrogen-bond donors (Lipinski definition) is 2. The first-order chi connectivity index (χ1) is 8.74. The van der Waals surface area contributed by atoms with Gasteiger partial charge in [0.25, 0.3) is 0 Å². The van der Waals surface area contributed by atoms with Crippen LogP contribution in [-0.2, 0) is 6.54 Å². The number of halogens is 1. The number of urea groups is 1. The van der Waals surface area contributed by atoms with Crippen molar-refractivity contribution in [1.82, 2.24) is 10.3 Å². The number of benzene rings is 1. The third-order valence-electron chi connectivity index (χ3n) is 2.27. The van der Waals surface area contributed by atoms with Crippen molar-refractivity contribution < 1.29 is 4.79 Å². The zero-order valence-corrected chi connectivity index (χ0v) is 11.1. The third kappa shape index (κ3) is 3.85. The monoisotopic (exact) mass is 305 g/mol. The van der Waals surface area contributed by atoms with Crippen molar-refractivity contribution in [3.05, 3.63) is 58.7 Å². The van der Waals surface area contributed by atoms with Gasteiger partial charge in [-0.05, 0) is 29.8 Å². The van der Waals surface area contributed by atoms with Crippen molar-refractivity contribution >= 4 is 27.8 Å². The molecule has 0 radical (unpaired) electrons. The molecule has 0 saturated carbocycles. The highest BCUT2D eigenvalue weighted by atomic mass is 79.9. The van der Waals surface area contributed by atoms with Gasteiger partial charge in [0.1, 0.15) is 5.82 Å². The van der Waals surface area contributed by atoms with Crippen LogP contribution in [0.15, 0.2) is 53.1 Å². The highest BCUT2D eigenvalue weighted by molar-refractivity contribution is 9.10. The minimum Gasteiger partial charge on any atom is -0.334 e. The van der Waals surface area contributed by atoms with E-state index in [-0.39, 0.29) is 6.03 Å². The van der Waals surface area contributed by atoms with Gasteiger partial charge in [0.15, 0.2) is 0 Å². The molecule has 2 N–H and O–H groups in total. The van der Waals surface area contributed by atoms with E-state index in [1.54, 1.807) is 18.3 Å². The molecule has 18 heavy (non-hydrogen) atoms. The zero-order valence-electron chi connectivity index (χ0n) is 9.56. The first-order valence-electron chi connectivity index (χ1n) is 5.44. The maximum atomic E-state index is 11.6. The number of anilines is 1. The summed E-state index contributed by atoms with van der Waals surface area (Å²) >= 11 is 3.36. The standard InChI is InChI=1S/C13H12BrN3O/c14-11-6-4-10(5-7-11)9-16-13(18)17-12-3-1-2-8-15-12/h1-8H,9H2,(H2,15,16,17,18). The summed E-state index contributed by atoms with van der Waals surface area (Å²) in [6.45, 7) is 0.478. The fourth-order valence-electron chi connectivity index (χ4n) is 1.38. The maximum absolute atomic E-state index is 11.6. The van der Waals surface area contributed by atoms with E-state index in [0.29, 0.717) is 12.4 Å². The summed E-state index contributed by atoms with van der Waals surface area (Å²) in [5.74, 6) is 0.533. The summed E-state index contributed by atoms with van der Waals surface area (Å²) in [6.07, 6.45) is 1.63. The van der Waals surface area contributed by atoms with E-state index in [4.69, 9.17) is 0 Å².